The Morgan fingerprint density at radius 2 is 2.15 bits per heavy atom. The summed E-state index contributed by atoms with van der Waals surface area (Å²) < 4.78 is 0. The molecule has 1 aliphatic carbocycles. The van der Waals surface area contributed by atoms with E-state index in [2.05, 4.69) is 22.2 Å². The minimum absolute atomic E-state index is 0.264. The van der Waals surface area contributed by atoms with Crippen LogP contribution in [0.5, 0.6) is 0 Å². The molecule has 0 aromatic carbocycles. The lowest BCUT2D eigenvalue weighted by atomic mass is 9.92. The Balaban J connectivity index is 2.22. The standard InChI is InChI=1S/C9H16N2O2/c1-7-3-5-8(6-4-7)10-9(12)11-13-2/h8H,1,3-6H2,2H3,(H2,10,11,12). The van der Waals surface area contributed by atoms with Gasteiger partial charge in [0, 0.05) is 6.04 Å². The van der Waals surface area contributed by atoms with Crippen LogP contribution < -0.4 is 10.8 Å². The van der Waals surface area contributed by atoms with Gasteiger partial charge in [-0.25, -0.2) is 10.3 Å². The lowest BCUT2D eigenvalue weighted by Gasteiger charge is -2.23. The van der Waals surface area contributed by atoms with E-state index in [1.807, 2.05) is 0 Å². The molecule has 0 spiro atoms. The van der Waals surface area contributed by atoms with E-state index in [1.54, 1.807) is 0 Å². The molecule has 2 N–H and O–H groups in total. The molecule has 0 aromatic rings. The van der Waals surface area contributed by atoms with Crippen LogP contribution in [0.2, 0.25) is 0 Å². The van der Waals surface area contributed by atoms with Gasteiger partial charge in [0.2, 0.25) is 0 Å². The molecule has 0 unspecified atom stereocenters. The first-order chi connectivity index (χ1) is 6.22. The number of amides is 2. The van der Waals surface area contributed by atoms with Gasteiger partial charge in [-0.2, -0.15) is 0 Å². The van der Waals surface area contributed by atoms with Gasteiger partial charge in [-0.1, -0.05) is 12.2 Å². The Morgan fingerprint density at radius 3 is 2.69 bits per heavy atom. The van der Waals surface area contributed by atoms with Crippen LogP contribution in [-0.4, -0.2) is 19.2 Å². The van der Waals surface area contributed by atoms with Gasteiger partial charge in [0.25, 0.3) is 0 Å². The highest BCUT2D eigenvalue weighted by molar-refractivity contribution is 5.73. The normalized spacial score (nSPS) is 18.4. The third-order valence-corrected chi connectivity index (χ3v) is 2.22. The van der Waals surface area contributed by atoms with Gasteiger partial charge in [0.1, 0.15) is 0 Å². The van der Waals surface area contributed by atoms with E-state index < -0.39 is 0 Å². The molecule has 0 aromatic heterocycles. The summed E-state index contributed by atoms with van der Waals surface area (Å²) in [7, 11) is 1.42. The summed E-state index contributed by atoms with van der Waals surface area (Å²) >= 11 is 0. The molecule has 13 heavy (non-hydrogen) atoms. The van der Waals surface area contributed by atoms with Gasteiger partial charge in [-0.3, -0.25) is 4.84 Å². The van der Waals surface area contributed by atoms with E-state index in [4.69, 9.17) is 0 Å². The second-order valence-electron chi connectivity index (χ2n) is 3.30. The van der Waals surface area contributed by atoms with Gasteiger partial charge in [0.05, 0.1) is 7.11 Å². The zero-order valence-corrected chi connectivity index (χ0v) is 7.93. The molecular weight excluding hydrogens is 168 g/mol. The van der Waals surface area contributed by atoms with Gasteiger partial charge < -0.3 is 5.32 Å². The summed E-state index contributed by atoms with van der Waals surface area (Å²) in [5, 5.41) is 2.82. The van der Waals surface area contributed by atoms with Crippen molar-refractivity contribution in [1.29, 1.82) is 0 Å². The van der Waals surface area contributed by atoms with Crippen LogP contribution in [-0.2, 0) is 4.84 Å². The molecule has 4 heteroatoms. The molecule has 2 amide bonds. The van der Waals surface area contributed by atoms with Gasteiger partial charge in [-0.05, 0) is 25.7 Å². The fraction of sp³-hybridized carbons (Fsp3) is 0.667. The van der Waals surface area contributed by atoms with E-state index in [0.29, 0.717) is 0 Å². The number of hydrogen-bond donors (Lipinski definition) is 2. The molecule has 1 rings (SSSR count). The van der Waals surface area contributed by atoms with Gasteiger partial charge in [0.15, 0.2) is 0 Å². The van der Waals surface area contributed by atoms with E-state index in [9.17, 15) is 4.79 Å². The second-order valence-corrected chi connectivity index (χ2v) is 3.30. The Morgan fingerprint density at radius 1 is 1.54 bits per heavy atom. The number of rotatable bonds is 2. The van der Waals surface area contributed by atoms with Crippen molar-refractivity contribution in [3.63, 3.8) is 0 Å². The summed E-state index contributed by atoms with van der Waals surface area (Å²) in [6.07, 6.45) is 3.99. The molecule has 0 radical (unpaired) electrons. The van der Waals surface area contributed by atoms with Crippen molar-refractivity contribution in [2.75, 3.05) is 7.11 Å². The molecule has 1 aliphatic rings. The third-order valence-electron chi connectivity index (χ3n) is 2.22. The Labute approximate surface area is 78.3 Å². The number of carbonyl (C=O) groups excluding carboxylic acids is 1. The van der Waals surface area contributed by atoms with Gasteiger partial charge >= 0.3 is 6.03 Å². The molecule has 4 nitrogen and oxygen atoms in total. The smallest absolute Gasteiger partial charge is 0.334 e. The SMILES string of the molecule is C=C1CCC(NC(=O)NOC)CC1. The quantitative estimate of drug-likeness (QED) is 0.502. The van der Waals surface area contributed by atoms with Crippen LogP contribution in [0.25, 0.3) is 0 Å². The number of carbonyl (C=O) groups is 1. The first kappa shape index (κ1) is 10.1. The Kier molecular flexibility index (Phi) is 3.76. The Hall–Kier alpha value is -1.03. The highest BCUT2D eigenvalue weighted by Crippen LogP contribution is 2.21. The highest BCUT2D eigenvalue weighted by Gasteiger charge is 2.16. The van der Waals surface area contributed by atoms with Crippen LogP contribution in [0.1, 0.15) is 25.7 Å². The Bertz CT molecular complexity index is 194. The topological polar surface area (TPSA) is 50.4 Å². The lowest BCUT2D eigenvalue weighted by molar-refractivity contribution is 0.105. The molecular formula is C9H16N2O2. The number of urea groups is 1. The van der Waals surface area contributed by atoms with Crippen molar-refractivity contribution >= 4 is 6.03 Å². The van der Waals surface area contributed by atoms with Crippen molar-refractivity contribution in [3.05, 3.63) is 12.2 Å². The van der Waals surface area contributed by atoms with Crippen LogP contribution in [0, 0.1) is 0 Å². The maximum absolute atomic E-state index is 11.0. The molecule has 0 heterocycles. The van der Waals surface area contributed by atoms with Crippen molar-refractivity contribution < 1.29 is 9.63 Å². The lowest BCUT2D eigenvalue weighted by Crippen LogP contribution is -2.42. The van der Waals surface area contributed by atoms with E-state index in [1.165, 1.54) is 12.7 Å². The monoisotopic (exact) mass is 184 g/mol. The predicted octanol–water partition coefficient (Wildman–Crippen LogP) is 1.35. The summed E-state index contributed by atoms with van der Waals surface area (Å²) in [4.78, 5) is 15.5. The largest absolute Gasteiger partial charge is 0.338 e. The van der Waals surface area contributed by atoms with Crippen molar-refractivity contribution in [2.45, 2.75) is 31.7 Å². The fourth-order valence-electron chi connectivity index (χ4n) is 1.48. The van der Waals surface area contributed by atoms with Crippen LogP contribution in [0.4, 0.5) is 4.79 Å². The summed E-state index contributed by atoms with van der Waals surface area (Å²) in [6, 6.07) is 0.000613. The maximum Gasteiger partial charge on any atom is 0.338 e. The average molecular weight is 184 g/mol. The molecule has 1 saturated carbocycles. The summed E-state index contributed by atoms with van der Waals surface area (Å²) in [6.45, 7) is 3.91. The van der Waals surface area contributed by atoms with E-state index in [-0.39, 0.29) is 12.1 Å². The van der Waals surface area contributed by atoms with Crippen molar-refractivity contribution in [3.8, 4) is 0 Å². The van der Waals surface area contributed by atoms with Crippen LogP contribution >= 0.6 is 0 Å². The molecule has 0 bridgehead atoms. The van der Waals surface area contributed by atoms with Crippen molar-refractivity contribution in [1.82, 2.24) is 10.8 Å². The number of hydrogen-bond acceptors (Lipinski definition) is 2. The second kappa shape index (κ2) is 4.87. The number of nitrogens with one attached hydrogen (secondary N) is 2. The maximum atomic E-state index is 11.0. The zero-order chi connectivity index (χ0) is 9.68. The van der Waals surface area contributed by atoms with E-state index in [0.717, 1.165) is 25.7 Å². The third kappa shape index (κ3) is 3.46. The van der Waals surface area contributed by atoms with Crippen molar-refractivity contribution in [2.24, 2.45) is 0 Å². The van der Waals surface area contributed by atoms with Crippen LogP contribution in [0.3, 0.4) is 0 Å². The minimum atomic E-state index is -0.264. The summed E-state index contributed by atoms with van der Waals surface area (Å²) in [5.74, 6) is 0. The fourth-order valence-corrected chi connectivity index (χ4v) is 1.48. The highest BCUT2D eigenvalue weighted by atomic mass is 16.6. The first-order valence-corrected chi connectivity index (χ1v) is 4.48. The predicted molar refractivity (Wildman–Crippen MR) is 50.1 cm³/mol. The average Bonchev–Trinajstić information content (AvgIpc) is 2.09. The number of hydroxylamine groups is 1. The zero-order valence-electron chi connectivity index (χ0n) is 7.93. The molecule has 1 fully saturated rings. The molecule has 0 saturated heterocycles. The van der Waals surface area contributed by atoms with E-state index >= 15 is 0 Å². The number of allylic oxidation sites excluding steroid dienone is 1. The molecule has 74 valence electrons. The summed E-state index contributed by atoms with van der Waals surface area (Å²) in [5.41, 5.74) is 3.51. The minimum Gasteiger partial charge on any atom is -0.334 e. The molecule has 0 atom stereocenters. The molecule has 0 aliphatic heterocycles. The van der Waals surface area contributed by atoms with Gasteiger partial charge in [-0.15, -0.1) is 0 Å². The first-order valence-electron chi connectivity index (χ1n) is 4.48. The van der Waals surface area contributed by atoms with Crippen LogP contribution in [0.15, 0.2) is 12.2 Å².